The van der Waals surface area contributed by atoms with Crippen LogP contribution in [0.25, 0.3) is 0 Å². The summed E-state index contributed by atoms with van der Waals surface area (Å²) in [5.41, 5.74) is 0.399. The van der Waals surface area contributed by atoms with Crippen molar-refractivity contribution in [3.63, 3.8) is 0 Å². The summed E-state index contributed by atoms with van der Waals surface area (Å²) in [7, 11) is 1.83. The second kappa shape index (κ2) is 6.26. The third-order valence-corrected chi connectivity index (χ3v) is 2.05. The Morgan fingerprint density at radius 3 is 2.88 bits per heavy atom. The van der Waals surface area contributed by atoms with Gasteiger partial charge < -0.3 is 5.32 Å². The molecule has 17 heavy (non-hydrogen) atoms. The first-order chi connectivity index (χ1) is 8.19. The van der Waals surface area contributed by atoms with Crippen LogP contribution in [0.4, 0.5) is 5.69 Å². The van der Waals surface area contributed by atoms with Crippen molar-refractivity contribution >= 4 is 5.69 Å². The van der Waals surface area contributed by atoms with Crippen LogP contribution in [0.15, 0.2) is 18.2 Å². The molecule has 0 unspecified atom stereocenters. The highest BCUT2D eigenvalue weighted by molar-refractivity contribution is 5.53. The van der Waals surface area contributed by atoms with E-state index in [-0.39, 0.29) is 11.3 Å². The van der Waals surface area contributed by atoms with Gasteiger partial charge in [0.1, 0.15) is 11.6 Å². The molecule has 0 aliphatic rings. The van der Waals surface area contributed by atoms with Gasteiger partial charge in [0.15, 0.2) is 0 Å². The highest BCUT2D eigenvalue weighted by Gasteiger charge is 2.13. The van der Waals surface area contributed by atoms with E-state index in [1.165, 1.54) is 12.1 Å². The second-order valence-electron chi connectivity index (χ2n) is 3.26. The van der Waals surface area contributed by atoms with Crippen LogP contribution >= 0.6 is 0 Å². The summed E-state index contributed by atoms with van der Waals surface area (Å²) in [6.07, 6.45) is 0.671. The Hall–Kier alpha value is -2.37. The van der Waals surface area contributed by atoms with Gasteiger partial charge in [0.05, 0.1) is 4.92 Å². The summed E-state index contributed by atoms with van der Waals surface area (Å²) in [5, 5.41) is 22.4. The zero-order chi connectivity index (χ0) is 12.7. The van der Waals surface area contributed by atoms with Gasteiger partial charge in [0.2, 0.25) is 0 Å². The van der Waals surface area contributed by atoms with Gasteiger partial charge in [-0.05, 0) is 19.2 Å². The molecular formula is C12H11N3O2. The first-order valence-electron chi connectivity index (χ1n) is 5.01. The Morgan fingerprint density at radius 2 is 2.29 bits per heavy atom. The number of hydrogen-bond acceptors (Lipinski definition) is 4. The topological polar surface area (TPSA) is 79.0 Å². The van der Waals surface area contributed by atoms with Crippen LogP contribution in [0.5, 0.6) is 0 Å². The zero-order valence-corrected chi connectivity index (χ0v) is 9.36. The minimum Gasteiger partial charge on any atom is -0.319 e. The van der Waals surface area contributed by atoms with Crippen LogP contribution in [-0.2, 0) is 0 Å². The van der Waals surface area contributed by atoms with Gasteiger partial charge in [0, 0.05) is 24.6 Å². The van der Waals surface area contributed by atoms with E-state index >= 15 is 0 Å². The fraction of sp³-hybridized carbons (Fsp3) is 0.250. The van der Waals surface area contributed by atoms with Crippen molar-refractivity contribution in [2.24, 2.45) is 0 Å². The van der Waals surface area contributed by atoms with Crippen LogP contribution in [0, 0.1) is 33.3 Å². The number of rotatable bonds is 3. The van der Waals surface area contributed by atoms with E-state index in [1.807, 2.05) is 7.05 Å². The predicted octanol–water partition coefficient (Wildman–Crippen LogP) is 1.43. The van der Waals surface area contributed by atoms with Crippen molar-refractivity contribution < 1.29 is 4.92 Å². The zero-order valence-electron chi connectivity index (χ0n) is 9.36. The summed E-state index contributed by atoms with van der Waals surface area (Å²) >= 11 is 0. The average Bonchev–Trinajstić information content (AvgIpc) is 2.34. The van der Waals surface area contributed by atoms with Crippen molar-refractivity contribution in [1.29, 1.82) is 5.26 Å². The summed E-state index contributed by atoms with van der Waals surface area (Å²) in [5.74, 6) is 5.71. The van der Waals surface area contributed by atoms with Gasteiger partial charge in [-0.15, -0.1) is 0 Å². The molecule has 1 N–H and O–H groups in total. The maximum atomic E-state index is 10.7. The number of benzene rings is 1. The molecule has 0 fully saturated rings. The van der Waals surface area contributed by atoms with Gasteiger partial charge in [-0.3, -0.25) is 10.1 Å². The number of nitrogens with zero attached hydrogens (tertiary/aromatic N) is 2. The third kappa shape index (κ3) is 3.60. The van der Waals surface area contributed by atoms with Crippen LogP contribution in [0.1, 0.15) is 17.5 Å². The Bertz CT molecular complexity index is 521. The molecule has 0 atom stereocenters. The number of nitro groups is 1. The number of nitro benzene ring substituents is 1. The molecule has 0 spiro atoms. The molecule has 5 heteroatoms. The largest absolute Gasteiger partial charge is 0.319 e. The molecule has 86 valence electrons. The summed E-state index contributed by atoms with van der Waals surface area (Å²) in [6.45, 7) is 0.769. The van der Waals surface area contributed by atoms with Crippen LogP contribution in [0.2, 0.25) is 0 Å². The van der Waals surface area contributed by atoms with Crippen LogP contribution in [0.3, 0.4) is 0 Å². The quantitative estimate of drug-likeness (QED) is 0.368. The monoisotopic (exact) mass is 229 g/mol. The fourth-order valence-electron chi connectivity index (χ4n) is 1.21. The van der Waals surface area contributed by atoms with Crippen molar-refractivity contribution in [2.45, 2.75) is 6.42 Å². The van der Waals surface area contributed by atoms with E-state index in [1.54, 1.807) is 12.1 Å². The van der Waals surface area contributed by atoms with Gasteiger partial charge in [0.25, 0.3) is 5.69 Å². The normalized spacial score (nSPS) is 8.94. The molecule has 0 heterocycles. The minimum atomic E-state index is -0.572. The molecule has 0 saturated carbocycles. The van der Waals surface area contributed by atoms with Gasteiger partial charge in [-0.2, -0.15) is 5.26 Å². The van der Waals surface area contributed by atoms with E-state index in [0.717, 1.165) is 6.54 Å². The lowest BCUT2D eigenvalue weighted by molar-refractivity contribution is -0.385. The van der Waals surface area contributed by atoms with Gasteiger partial charge >= 0.3 is 0 Å². The van der Waals surface area contributed by atoms with Crippen molar-refractivity contribution in [3.05, 3.63) is 39.4 Å². The number of nitrogens with one attached hydrogen (secondary N) is 1. The summed E-state index contributed by atoms with van der Waals surface area (Å²) in [6, 6.07) is 6.13. The predicted molar refractivity (Wildman–Crippen MR) is 63.2 cm³/mol. The van der Waals surface area contributed by atoms with Crippen molar-refractivity contribution in [2.75, 3.05) is 13.6 Å². The molecule has 1 rings (SSSR count). The standard InChI is InChI=1S/C12H11N3O2/c1-14-7-3-2-4-10-5-6-11(9-13)12(8-10)15(16)17/h5-6,8,14H,3,7H2,1H3. The maximum absolute atomic E-state index is 10.7. The van der Waals surface area contributed by atoms with Gasteiger partial charge in [-0.25, -0.2) is 0 Å². The first-order valence-corrected chi connectivity index (χ1v) is 5.01. The smallest absolute Gasteiger partial charge is 0.288 e. The van der Waals surface area contributed by atoms with Gasteiger partial charge in [-0.1, -0.05) is 11.8 Å². The van der Waals surface area contributed by atoms with E-state index < -0.39 is 4.92 Å². The number of hydrogen-bond donors (Lipinski definition) is 1. The third-order valence-electron chi connectivity index (χ3n) is 2.05. The lowest BCUT2D eigenvalue weighted by Gasteiger charge is -1.95. The molecular weight excluding hydrogens is 218 g/mol. The fourth-order valence-corrected chi connectivity index (χ4v) is 1.21. The molecule has 0 aliphatic carbocycles. The lowest BCUT2D eigenvalue weighted by atomic mass is 10.1. The van der Waals surface area contributed by atoms with E-state index in [9.17, 15) is 10.1 Å². The maximum Gasteiger partial charge on any atom is 0.288 e. The lowest BCUT2D eigenvalue weighted by Crippen LogP contribution is -2.05. The molecule has 0 bridgehead atoms. The summed E-state index contributed by atoms with van der Waals surface area (Å²) < 4.78 is 0. The summed E-state index contributed by atoms with van der Waals surface area (Å²) in [4.78, 5) is 10.1. The Balaban J connectivity index is 2.96. The van der Waals surface area contributed by atoms with E-state index in [2.05, 4.69) is 17.2 Å². The highest BCUT2D eigenvalue weighted by atomic mass is 16.6. The Kier molecular flexibility index (Phi) is 4.68. The molecule has 5 nitrogen and oxygen atoms in total. The molecule has 0 aromatic heterocycles. The SMILES string of the molecule is CNCCC#Cc1ccc(C#N)c([N+](=O)[O-])c1. The second-order valence-corrected chi connectivity index (χ2v) is 3.26. The Morgan fingerprint density at radius 1 is 1.53 bits per heavy atom. The first kappa shape index (κ1) is 12.7. The molecule has 1 aromatic rings. The highest BCUT2D eigenvalue weighted by Crippen LogP contribution is 2.18. The van der Waals surface area contributed by atoms with Crippen molar-refractivity contribution in [3.8, 4) is 17.9 Å². The van der Waals surface area contributed by atoms with E-state index in [4.69, 9.17) is 5.26 Å². The number of nitriles is 1. The molecule has 0 amide bonds. The Labute approximate surface area is 99.2 Å². The van der Waals surface area contributed by atoms with Crippen molar-refractivity contribution in [1.82, 2.24) is 5.32 Å². The molecule has 1 aromatic carbocycles. The van der Waals surface area contributed by atoms with Crippen LogP contribution < -0.4 is 5.32 Å². The minimum absolute atomic E-state index is 0.0516. The average molecular weight is 229 g/mol. The van der Waals surface area contributed by atoms with E-state index in [0.29, 0.717) is 12.0 Å². The van der Waals surface area contributed by atoms with Crippen LogP contribution in [-0.4, -0.2) is 18.5 Å². The molecule has 0 aliphatic heterocycles. The molecule has 0 radical (unpaired) electrons. The molecule has 0 saturated heterocycles.